The van der Waals surface area contributed by atoms with E-state index in [4.69, 9.17) is 14.2 Å². The van der Waals surface area contributed by atoms with Crippen molar-refractivity contribution in [3.63, 3.8) is 0 Å². The summed E-state index contributed by atoms with van der Waals surface area (Å²) in [5, 5.41) is 13.6. The molecule has 3 rings (SSSR count). The highest BCUT2D eigenvalue weighted by Crippen LogP contribution is 2.36. The van der Waals surface area contributed by atoms with Crippen LogP contribution in [0.3, 0.4) is 0 Å². The number of nitrogens with one attached hydrogen (secondary N) is 1. The lowest BCUT2D eigenvalue weighted by molar-refractivity contribution is -0.385. The lowest BCUT2D eigenvalue weighted by atomic mass is 10.1. The molecule has 0 unspecified atom stereocenters. The van der Waals surface area contributed by atoms with Gasteiger partial charge >= 0.3 is 5.97 Å². The van der Waals surface area contributed by atoms with Crippen LogP contribution in [0.5, 0.6) is 11.5 Å². The molecule has 9 nitrogen and oxygen atoms in total. The number of carbonyl (C=O) groups is 2. The first-order valence-electron chi connectivity index (χ1n) is 8.21. The number of fused-ring (bicyclic) bond motifs is 1. The molecule has 1 aliphatic rings. The minimum absolute atomic E-state index is 0.0901. The Kier molecular flexibility index (Phi) is 5.68. The average molecular weight is 390 g/mol. The van der Waals surface area contributed by atoms with Crippen LogP contribution in [0.4, 0.5) is 10.1 Å². The van der Waals surface area contributed by atoms with Gasteiger partial charge in [-0.25, -0.2) is 9.18 Å². The Morgan fingerprint density at radius 1 is 1.18 bits per heavy atom. The van der Waals surface area contributed by atoms with Crippen molar-refractivity contribution in [1.82, 2.24) is 5.32 Å². The fourth-order valence-electron chi connectivity index (χ4n) is 2.49. The highest BCUT2D eigenvalue weighted by Gasteiger charge is 2.27. The Morgan fingerprint density at radius 2 is 1.86 bits per heavy atom. The van der Waals surface area contributed by atoms with Crippen molar-refractivity contribution in [1.29, 1.82) is 0 Å². The minimum Gasteiger partial charge on any atom is -0.486 e. The van der Waals surface area contributed by atoms with Crippen LogP contribution in [0.1, 0.15) is 15.9 Å². The number of carbonyl (C=O) groups excluding carboxylic acids is 2. The van der Waals surface area contributed by atoms with E-state index in [1.165, 1.54) is 18.2 Å². The molecule has 1 heterocycles. The number of hydrogen-bond acceptors (Lipinski definition) is 7. The largest absolute Gasteiger partial charge is 0.486 e. The molecule has 0 saturated heterocycles. The molecule has 0 radical (unpaired) electrons. The summed E-state index contributed by atoms with van der Waals surface area (Å²) in [6.45, 7) is -0.306. The van der Waals surface area contributed by atoms with Gasteiger partial charge in [-0.05, 0) is 6.07 Å². The Morgan fingerprint density at radius 3 is 2.54 bits per heavy atom. The number of benzene rings is 2. The first kappa shape index (κ1) is 19.1. The molecule has 2 aromatic carbocycles. The number of nitro benzene ring substituents is 1. The van der Waals surface area contributed by atoms with Crippen molar-refractivity contribution in [2.75, 3.05) is 19.8 Å². The highest BCUT2D eigenvalue weighted by molar-refractivity contribution is 5.96. The third-order valence-electron chi connectivity index (χ3n) is 3.85. The smallest absolute Gasteiger partial charge is 0.345 e. The monoisotopic (exact) mass is 390 g/mol. The Bertz CT molecular complexity index is 932. The van der Waals surface area contributed by atoms with Gasteiger partial charge in [0, 0.05) is 18.2 Å². The van der Waals surface area contributed by atoms with Crippen molar-refractivity contribution in [2.24, 2.45) is 0 Å². The average Bonchev–Trinajstić information content (AvgIpc) is 2.70. The minimum atomic E-state index is -1.07. The molecule has 0 aromatic heterocycles. The first-order valence-corrected chi connectivity index (χ1v) is 8.21. The van der Waals surface area contributed by atoms with Crippen LogP contribution in [0, 0.1) is 15.9 Å². The van der Waals surface area contributed by atoms with Gasteiger partial charge in [-0.2, -0.15) is 0 Å². The molecule has 0 fully saturated rings. The Labute approximate surface area is 158 Å². The topological polar surface area (TPSA) is 117 Å². The van der Waals surface area contributed by atoms with E-state index in [-0.39, 0.29) is 42.4 Å². The lowest BCUT2D eigenvalue weighted by Gasteiger charge is -2.18. The molecular weight excluding hydrogens is 375 g/mol. The molecule has 1 aliphatic heterocycles. The summed E-state index contributed by atoms with van der Waals surface area (Å²) >= 11 is 0. The second kappa shape index (κ2) is 8.33. The van der Waals surface area contributed by atoms with Gasteiger partial charge in [0.05, 0.1) is 11.0 Å². The number of hydrogen-bond donors (Lipinski definition) is 1. The lowest BCUT2D eigenvalue weighted by Crippen LogP contribution is -2.28. The number of ether oxygens (including phenoxy) is 3. The van der Waals surface area contributed by atoms with E-state index in [1.807, 2.05) is 0 Å². The summed E-state index contributed by atoms with van der Waals surface area (Å²) in [5.41, 5.74) is -0.623. The van der Waals surface area contributed by atoms with Crippen molar-refractivity contribution < 1.29 is 33.1 Å². The summed E-state index contributed by atoms with van der Waals surface area (Å²) in [6.07, 6.45) is 0. The van der Waals surface area contributed by atoms with E-state index >= 15 is 0 Å². The van der Waals surface area contributed by atoms with Gasteiger partial charge in [-0.1, -0.05) is 18.2 Å². The van der Waals surface area contributed by atoms with Crippen LogP contribution in [0.2, 0.25) is 0 Å². The SMILES string of the molecule is O=C(COC(=O)c1cc2c(cc1[N+](=O)[O-])OCCO2)NCc1ccccc1F. The van der Waals surface area contributed by atoms with E-state index in [0.717, 1.165) is 12.1 Å². The summed E-state index contributed by atoms with van der Waals surface area (Å²) in [7, 11) is 0. The quantitative estimate of drug-likeness (QED) is 0.455. The Balaban J connectivity index is 1.63. The predicted molar refractivity (Wildman–Crippen MR) is 92.6 cm³/mol. The van der Waals surface area contributed by atoms with Gasteiger partial charge in [-0.3, -0.25) is 14.9 Å². The summed E-state index contributed by atoms with van der Waals surface area (Å²) in [5.74, 6) is -1.90. The number of rotatable bonds is 6. The molecule has 1 N–H and O–H groups in total. The number of nitro groups is 1. The molecule has 10 heteroatoms. The van der Waals surface area contributed by atoms with Crippen LogP contribution >= 0.6 is 0 Å². The second-order valence-electron chi connectivity index (χ2n) is 5.71. The molecule has 28 heavy (non-hydrogen) atoms. The van der Waals surface area contributed by atoms with Crippen LogP contribution in [0.25, 0.3) is 0 Å². The van der Waals surface area contributed by atoms with Crippen molar-refractivity contribution in [3.8, 4) is 11.5 Å². The maximum absolute atomic E-state index is 13.5. The zero-order chi connectivity index (χ0) is 20.1. The van der Waals surface area contributed by atoms with E-state index in [1.54, 1.807) is 6.07 Å². The number of halogens is 1. The summed E-state index contributed by atoms with van der Waals surface area (Å²) < 4.78 is 28.9. The zero-order valence-electron chi connectivity index (χ0n) is 14.5. The Hall–Kier alpha value is -3.69. The molecular formula is C18H15FN2O7. The fourth-order valence-corrected chi connectivity index (χ4v) is 2.49. The standard InChI is InChI=1S/C18H15FN2O7/c19-13-4-2-1-3-11(13)9-20-17(22)10-28-18(23)12-7-15-16(27-6-5-26-15)8-14(12)21(24)25/h1-4,7-8H,5-6,9-10H2,(H,20,22). The first-order chi connectivity index (χ1) is 13.5. The van der Waals surface area contributed by atoms with Gasteiger partial charge in [0.15, 0.2) is 18.1 Å². The van der Waals surface area contributed by atoms with Crippen LogP contribution in [-0.4, -0.2) is 36.6 Å². The van der Waals surface area contributed by atoms with Crippen LogP contribution in [-0.2, 0) is 16.1 Å². The molecule has 0 aliphatic carbocycles. The van der Waals surface area contributed by atoms with Crippen LogP contribution in [0.15, 0.2) is 36.4 Å². The van der Waals surface area contributed by atoms with E-state index in [0.29, 0.717) is 0 Å². The van der Waals surface area contributed by atoms with Gasteiger partial charge in [-0.15, -0.1) is 0 Å². The highest BCUT2D eigenvalue weighted by atomic mass is 19.1. The predicted octanol–water partition coefficient (Wildman–Crippen LogP) is 1.98. The van der Waals surface area contributed by atoms with E-state index in [9.17, 15) is 24.1 Å². The number of nitrogens with zero attached hydrogens (tertiary/aromatic N) is 1. The van der Waals surface area contributed by atoms with Crippen LogP contribution < -0.4 is 14.8 Å². The van der Waals surface area contributed by atoms with Gasteiger partial charge in [0.25, 0.3) is 11.6 Å². The third-order valence-corrected chi connectivity index (χ3v) is 3.85. The molecule has 0 spiro atoms. The normalized spacial score (nSPS) is 12.2. The molecule has 0 atom stereocenters. The number of amides is 1. The van der Waals surface area contributed by atoms with Gasteiger partial charge < -0.3 is 19.5 Å². The maximum atomic E-state index is 13.5. The maximum Gasteiger partial charge on any atom is 0.345 e. The van der Waals surface area contributed by atoms with E-state index in [2.05, 4.69) is 5.32 Å². The number of esters is 1. The third kappa shape index (κ3) is 4.34. The van der Waals surface area contributed by atoms with Gasteiger partial charge in [0.2, 0.25) is 0 Å². The van der Waals surface area contributed by atoms with Gasteiger partial charge in [0.1, 0.15) is 24.6 Å². The van der Waals surface area contributed by atoms with E-state index < -0.39 is 34.9 Å². The van der Waals surface area contributed by atoms with Crippen molar-refractivity contribution in [2.45, 2.75) is 6.54 Å². The molecule has 146 valence electrons. The van der Waals surface area contributed by atoms with Crippen molar-refractivity contribution >= 4 is 17.6 Å². The molecule has 0 saturated carbocycles. The zero-order valence-corrected chi connectivity index (χ0v) is 14.5. The molecule has 0 bridgehead atoms. The summed E-state index contributed by atoms with van der Waals surface area (Å²) in [6, 6.07) is 8.10. The fraction of sp³-hybridized carbons (Fsp3) is 0.222. The molecule has 1 amide bonds. The molecule has 2 aromatic rings. The summed E-state index contributed by atoms with van der Waals surface area (Å²) in [4.78, 5) is 34.5. The second-order valence-corrected chi connectivity index (χ2v) is 5.71. The van der Waals surface area contributed by atoms with Crippen molar-refractivity contribution in [3.05, 3.63) is 63.5 Å².